The fourth-order valence-electron chi connectivity index (χ4n) is 1.79. The van der Waals surface area contributed by atoms with Crippen LogP contribution in [0.1, 0.15) is 5.56 Å². The highest BCUT2D eigenvalue weighted by atomic mass is 16.5. The average Bonchev–Trinajstić information content (AvgIpc) is 2.49. The Morgan fingerprint density at radius 1 is 1.05 bits per heavy atom. The molecule has 1 aromatic carbocycles. The molecule has 0 aliphatic rings. The third-order valence-corrected chi connectivity index (χ3v) is 2.76. The summed E-state index contributed by atoms with van der Waals surface area (Å²) in [6.07, 6.45) is 1.70. The third kappa shape index (κ3) is 3.39. The van der Waals surface area contributed by atoms with Crippen molar-refractivity contribution in [3.05, 3.63) is 42.1 Å². The molecule has 1 heterocycles. The molecule has 2 rings (SSSR count). The van der Waals surface area contributed by atoms with Crippen LogP contribution in [0.2, 0.25) is 0 Å². The summed E-state index contributed by atoms with van der Waals surface area (Å²) in [6.45, 7) is 0.685. The van der Waals surface area contributed by atoms with E-state index in [9.17, 15) is 0 Å². The van der Waals surface area contributed by atoms with Gasteiger partial charge in [-0.25, -0.2) is 4.98 Å². The Morgan fingerprint density at radius 2 is 1.70 bits per heavy atom. The Labute approximate surface area is 118 Å². The number of pyridine rings is 1. The maximum atomic E-state index is 5.84. The number of nitrogens with zero attached hydrogens (tertiary/aromatic N) is 1. The quantitative estimate of drug-likeness (QED) is 0.877. The van der Waals surface area contributed by atoms with Gasteiger partial charge in [-0.15, -0.1) is 0 Å². The number of benzene rings is 1. The second kappa shape index (κ2) is 6.77. The van der Waals surface area contributed by atoms with E-state index < -0.39 is 0 Å². The number of aromatic nitrogens is 1. The van der Waals surface area contributed by atoms with Crippen molar-refractivity contribution in [2.45, 2.75) is 6.54 Å². The highest BCUT2D eigenvalue weighted by Gasteiger charge is 2.08. The lowest BCUT2D eigenvalue weighted by atomic mass is 10.2. The van der Waals surface area contributed by atoms with Gasteiger partial charge in [0, 0.05) is 36.5 Å². The van der Waals surface area contributed by atoms with Crippen LogP contribution in [0.25, 0.3) is 0 Å². The van der Waals surface area contributed by atoms with Crippen molar-refractivity contribution in [2.24, 2.45) is 0 Å². The monoisotopic (exact) mass is 274 g/mol. The van der Waals surface area contributed by atoms with E-state index in [0.29, 0.717) is 29.7 Å². The minimum Gasteiger partial charge on any atom is -0.496 e. The molecule has 0 aliphatic carbocycles. The molecule has 5 nitrogen and oxygen atoms in total. The van der Waals surface area contributed by atoms with Gasteiger partial charge in [0.05, 0.1) is 14.2 Å². The van der Waals surface area contributed by atoms with Crippen LogP contribution in [0.4, 0.5) is 0 Å². The largest absolute Gasteiger partial charge is 0.496 e. The number of hydrogen-bond donors (Lipinski definition) is 1. The van der Waals surface area contributed by atoms with Gasteiger partial charge in [0.1, 0.15) is 17.2 Å². The van der Waals surface area contributed by atoms with Crippen LogP contribution in [-0.4, -0.2) is 26.3 Å². The van der Waals surface area contributed by atoms with Gasteiger partial charge in [-0.1, -0.05) is 6.07 Å². The molecule has 0 aliphatic heterocycles. The van der Waals surface area contributed by atoms with E-state index in [2.05, 4.69) is 10.3 Å². The zero-order valence-electron chi connectivity index (χ0n) is 11.8. The summed E-state index contributed by atoms with van der Waals surface area (Å²) in [4.78, 5) is 4.26. The molecule has 0 atom stereocenters. The molecule has 1 N–H and O–H groups in total. The van der Waals surface area contributed by atoms with Crippen LogP contribution in [0.3, 0.4) is 0 Å². The van der Waals surface area contributed by atoms with E-state index in [0.717, 1.165) is 5.56 Å². The Kier molecular flexibility index (Phi) is 4.79. The molecule has 0 bridgehead atoms. The molecule has 5 heteroatoms. The average molecular weight is 274 g/mol. The predicted molar refractivity (Wildman–Crippen MR) is 76.6 cm³/mol. The minimum atomic E-state index is 0.567. The molecule has 1 aromatic heterocycles. The van der Waals surface area contributed by atoms with Gasteiger partial charge in [-0.3, -0.25) is 0 Å². The van der Waals surface area contributed by atoms with E-state index in [1.165, 1.54) is 0 Å². The molecule has 0 spiro atoms. The predicted octanol–water partition coefficient (Wildman–Crippen LogP) is 2.61. The van der Waals surface area contributed by atoms with Crippen molar-refractivity contribution in [1.82, 2.24) is 10.3 Å². The summed E-state index contributed by atoms with van der Waals surface area (Å²) >= 11 is 0. The van der Waals surface area contributed by atoms with Crippen molar-refractivity contribution in [3.8, 4) is 23.1 Å². The van der Waals surface area contributed by atoms with Crippen molar-refractivity contribution in [3.63, 3.8) is 0 Å². The first-order valence-electron chi connectivity index (χ1n) is 6.26. The Balaban J connectivity index is 2.29. The molecule has 20 heavy (non-hydrogen) atoms. The second-order valence-corrected chi connectivity index (χ2v) is 4.15. The van der Waals surface area contributed by atoms with Crippen LogP contribution >= 0.6 is 0 Å². The molecule has 0 unspecified atom stereocenters. The molecule has 0 saturated carbocycles. The van der Waals surface area contributed by atoms with Crippen LogP contribution in [0.5, 0.6) is 23.1 Å². The first-order chi connectivity index (χ1) is 9.76. The van der Waals surface area contributed by atoms with Crippen molar-refractivity contribution in [1.29, 1.82) is 0 Å². The Bertz CT molecular complexity index is 551. The van der Waals surface area contributed by atoms with E-state index in [4.69, 9.17) is 14.2 Å². The van der Waals surface area contributed by atoms with Gasteiger partial charge >= 0.3 is 0 Å². The standard InChI is InChI=1S/C15H18N2O3/c1-16-10-11-5-4-6-17-15(11)20-14-8-12(18-2)7-13(9-14)19-3/h4-9,16H,10H2,1-3H3. The highest BCUT2D eigenvalue weighted by molar-refractivity contribution is 5.44. The lowest BCUT2D eigenvalue weighted by Crippen LogP contribution is -2.07. The smallest absolute Gasteiger partial charge is 0.223 e. The van der Waals surface area contributed by atoms with Crippen LogP contribution < -0.4 is 19.5 Å². The highest BCUT2D eigenvalue weighted by Crippen LogP contribution is 2.31. The van der Waals surface area contributed by atoms with Gasteiger partial charge in [-0.05, 0) is 13.1 Å². The fraction of sp³-hybridized carbons (Fsp3) is 0.267. The Morgan fingerprint density at radius 3 is 2.30 bits per heavy atom. The summed E-state index contributed by atoms with van der Waals surface area (Å²) in [5, 5.41) is 3.09. The zero-order chi connectivity index (χ0) is 14.4. The number of nitrogens with one attached hydrogen (secondary N) is 1. The summed E-state index contributed by atoms with van der Waals surface area (Å²) in [6, 6.07) is 9.22. The van der Waals surface area contributed by atoms with Crippen molar-refractivity contribution in [2.75, 3.05) is 21.3 Å². The second-order valence-electron chi connectivity index (χ2n) is 4.15. The summed E-state index contributed by atoms with van der Waals surface area (Å²) in [5.74, 6) is 2.53. The van der Waals surface area contributed by atoms with E-state index in [1.54, 1.807) is 38.6 Å². The number of methoxy groups -OCH3 is 2. The third-order valence-electron chi connectivity index (χ3n) is 2.76. The molecule has 2 aromatic rings. The van der Waals surface area contributed by atoms with E-state index >= 15 is 0 Å². The molecular formula is C15H18N2O3. The lowest BCUT2D eigenvalue weighted by Gasteiger charge is -2.11. The molecule has 0 saturated heterocycles. The SMILES string of the molecule is CNCc1cccnc1Oc1cc(OC)cc(OC)c1. The van der Waals surface area contributed by atoms with Gasteiger partial charge in [0.25, 0.3) is 0 Å². The van der Waals surface area contributed by atoms with Crippen LogP contribution in [0.15, 0.2) is 36.5 Å². The molecule has 106 valence electrons. The lowest BCUT2D eigenvalue weighted by molar-refractivity contribution is 0.384. The van der Waals surface area contributed by atoms with Crippen molar-refractivity contribution < 1.29 is 14.2 Å². The summed E-state index contributed by atoms with van der Waals surface area (Å²) in [7, 11) is 5.09. The molecule has 0 fully saturated rings. The molecule has 0 radical (unpaired) electrons. The topological polar surface area (TPSA) is 52.6 Å². The fourth-order valence-corrected chi connectivity index (χ4v) is 1.79. The molecule has 0 amide bonds. The summed E-state index contributed by atoms with van der Waals surface area (Å²) in [5.41, 5.74) is 0.983. The number of rotatable bonds is 6. The molecular weight excluding hydrogens is 256 g/mol. The van der Waals surface area contributed by atoms with E-state index in [-0.39, 0.29) is 0 Å². The van der Waals surface area contributed by atoms with Gasteiger partial charge in [-0.2, -0.15) is 0 Å². The summed E-state index contributed by atoms with van der Waals surface area (Å²) < 4.78 is 16.3. The minimum absolute atomic E-state index is 0.567. The van der Waals surface area contributed by atoms with Crippen LogP contribution in [-0.2, 0) is 6.54 Å². The maximum absolute atomic E-state index is 5.84. The normalized spacial score (nSPS) is 10.2. The number of ether oxygens (including phenoxy) is 3. The van der Waals surface area contributed by atoms with Gasteiger partial charge < -0.3 is 19.5 Å². The number of hydrogen-bond acceptors (Lipinski definition) is 5. The van der Waals surface area contributed by atoms with Gasteiger partial charge in [0.2, 0.25) is 5.88 Å². The first-order valence-corrected chi connectivity index (χ1v) is 6.26. The Hall–Kier alpha value is -2.27. The zero-order valence-corrected chi connectivity index (χ0v) is 11.8. The van der Waals surface area contributed by atoms with Crippen molar-refractivity contribution >= 4 is 0 Å². The van der Waals surface area contributed by atoms with Crippen LogP contribution in [0, 0.1) is 0 Å². The maximum Gasteiger partial charge on any atom is 0.223 e. The first kappa shape index (κ1) is 14.1. The van der Waals surface area contributed by atoms with Gasteiger partial charge in [0.15, 0.2) is 0 Å². The van der Waals surface area contributed by atoms with E-state index in [1.807, 2.05) is 19.2 Å².